The summed E-state index contributed by atoms with van der Waals surface area (Å²) in [5.41, 5.74) is -0.572. The average molecular weight is 257 g/mol. The molecule has 0 bridgehead atoms. The molecular formula is C11H15NO4S. The molecule has 0 spiro atoms. The molecule has 0 fully saturated rings. The predicted molar refractivity (Wildman–Crippen MR) is 64.3 cm³/mol. The number of aliphatic carboxylic acids is 1. The molecule has 1 unspecified atom stereocenters. The first-order valence-corrected chi connectivity index (χ1v) is 5.96. The van der Waals surface area contributed by atoms with Crippen LogP contribution in [0.1, 0.15) is 28.6 Å². The second kappa shape index (κ2) is 5.29. The number of hydrogen-bond donors (Lipinski definition) is 3. The largest absolute Gasteiger partial charge is 0.481 e. The Morgan fingerprint density at radius 3 is 2.65 bits per heavy atom. The number of carbonyl (C=O) groups excluding carboxylic acids is 1. The lowest BCUT2D eigenvalue weighted by atomic mass is 10.0. The lowest BCUT2D eigenvalue weighted by molar-refractivity contribution is -0.141. The summed E-state index contributed by atoms with van der Waals surface area (Å²) in [6.07, 6.45) is -0.406. The van der Waals surface area contributed by atoms with Gasteiger partial charge in [-0.3, -0.25) is 9.59 Å². The number of carboxylic acids is 1. The highest BCUT2D eigenvalue weighted by Gasteiger charge is 2.25. The molecule has 1 amide bonds. The normalized spacial score (nSPS) is 14.1. The molecule has 17 heavy (non-hydrogen) atoms. The van der Waals surface area contributed by atoms with Gasteiger partial charge in [-0.2, -0.15) is 0 Å². The number of carboxylic acid groups (broad SMARTS) is 1. The van der Waals surface area contributed by atoms with Gasteiger partial charge in [-0.05, 0) is 30.9 Å². The van der Waals surface area contributed by atoms with E-state index < -0.39 is 18.0 Å². The molecule has 0 saturated carbocycles. The van der Waals surface area contributed by atoms with Gasteiger partial charge in [0.15, 0.2) is 0 Å². The predicted octanol–water partition coefficient (Wildman–Crippen LogP) is 1.01. The van der Waals surface area contributed by atoms with Gasteiger partial charge < -0.3 is 15.5 Å². The van der Waals surface area contributed by atoms with Crippen LogP contribution in [0.2, 0.25) is 0 Å². The van der Waals surface area contributed by atoms with E-state index in [1.807, 2.05) is 13.0 Å². The van der Waals surface area contributed by atoms with Crippen LogP contribution in [0.5, 0.6) is 0 Å². The van der Waals surface area contributed by atoms with Crippen molar-refractivity contribution in [2.24, 2.45) is 0 Å². The first-order chi connectivity index (χ1) is 7.82. The smallest absolute Gasteiger partial charge is 0.306 e. The van der Waals surface area contributed by atoms with Gasteiger partial charge in [0.05, 0.1) is 16.9 Å². The van der Waals surface area contributed by atoms with E-state index in [1.165, 1.54) is 18.3 Å². The van der Waals surface area contributed by atoms with Crippen molar-refractivity contribution in [2.45, 2.75) is 25.9 Å². The molecule has 6 heteroatoms. The number of thiophene rings is 1. The van der Waals surface area contributed by atoms with Crippen LogP contribution in [0.3, 0.4) is 0 Å². The summed E-state index contributed by atoms with van der Waals surface area (Å²) in [7, 11) is 0. The van der Waals surface area contributed by atoms with E-state index in [2.05, 4.69) is 5.32 Å². The van der Waals surface area contributed by atoms with E-state index in [1.54, 1.807) is 5.38 Å². The van der Waals surface area contributed by atoms with Gasteiger partial charge in [-0.1, -0.05) is 0 Å². The average Bonchev–Trinajstić information content (AvgIpc) is 2.59. The Labute approximate surface area is 103 Å². The zero-order valence-electron chi connectivity index (χ0n) is 9.69. The van der Waals surface area contributed by atoms with E-state index in [0.717, 1.165) is 5.56 Å². The Balaban J connectivity index is 2.54. The Morgan fingerprint density at radius 1 is 1.53 bits per heavy atom. The summed E-state index contributed by atoms with van der Waals surface area (Å²) in [6, 6.07) is 1.83. The number of nitrogens with one attached hydrogen (secondary N) is 1. The summed E-state index contributed by atoms with van der Waals surface area (Å²) >= 11 is 1.31. The minimum atomic E-state index is -1.44. The molecule has 1 rings (SSSR count). The summed E-state index contributed by atoms with van der Waals surface area (Å²) in [5.74, 6) is -1.39. The molecule has 0 saturated heterocycles. The molecule has 1 aromatic rings. The van der Waals surface area contributed by atoms with E-state index in [4.69, 9.17) is 5.11 Å². The number of hydrogen-bond acceptors (Lipinski definition) is 4. The lowest BCUT2D eigenvalue weighted by Crippen LogP contribution is -2.42. The van der Waals surface area contributed by atoms with Crippen molar-refractivity contribution in [2.75, 3.05) is 6.54 Å². The SMILES string of the molecule is Cc1ccsc1C(=O)NCC(C)(O)CC(=O)O. The van der Waals surface area contributed by atoms with E-state index >= 15 is 0 Å². The van der Waals surface area contributed by atoms with Crippen molar-refractivity contribution >= 4 is 23.2 Å². The highest BCUT2D eigenvalue weighted by Crippen LogP contribution is 2.15. The molecule has 0 radical (unpaired) electrons. The molecule has 94 valence electrons. The van der Waals surface area contributed by atoms with Crippen LogP contribution >= 0.6 is 11.3 Å². The minimum absolute atomic E-state index is 0.0878. The maximum atomic E-state index is 11.7. The monoisotopic (exact) mass is 257 g/mol. The molecule has 0 aromatic carbocycles. The third-order valence-corrected chi connectivity index (χ3v) is 3.25. The first-order valence-electron chi connectivity index (χ1n) is 5.08. The van der Waals surface area contributed by atoms with E-state index in [-0.39, 0.29) is 12.5 Å². The Morgan fingerprint density at radius 2 is 2.18 bits per heavy atom. The number of amides is 1. The molecule has 3 N–H and O–H groups in total. The van der Waals surface area contributed by atoms with Gasteiger partial charge in [0.25, 0.3) is 5.91 Å². The van der Waals surface area contributed by atoms with Crippen LogP contribution < -0.4 is 5.32 Å². The maximum Gasteiger partial charge on any atom is 0.306 e. The Bertz CT molecular complexity index is 425. The fourth-order valence-corrected chi connectivity index (χ4v) is 2.19. The Kier molecular flexibility index (Phi) is 4.25. The van der Waals surface area contributed by atoms with Crippen LogP contribution in [-0.4, -0.2) is 34.2 Å². The number of aryl methyl sites for hydroxylation is 1. The van der Waals surface area contributed by atoms with Gasteiger partial charge in [0, 0.05) is 6.54 Å². The topological polar surface area (TPSA) is 86.6 Å². The second-order valence-corrected chi connectivity index (χ2v) is 5.10. The molecule has 1 heterocycles. The zero-order valence-corrected chi connectivity index (χ0v) is 10.5. The van der Waals surface area contributed by atoms with Crippen LogP contribution in [0.15, 0.2) is 11.4 Å². The van der Waals surface area contributed by atoms with Gasteiger partial charge in [0.1, 0.15) is 0 Å². The third kappa shape index (κ3) is 4.16. The van der Waals surface area contributed by atoms with Crippen LogP contribution in [0, 0.1) is 6.92 Å². The molecular weight excluding hydrogens is 242 g/mol. The molecule has 5 nitrogen and oxygen atoms in total. The summed E-state index contributed by atoms with van der Waals surface area (Å²) in [4.78, 5) is 22.8. The van der Waals surface area contributed by atoms with E-state index in [0.29, 0.717) is 4.88 Å². The standard InChI is InChI=1S/C11H15NO4S/c1-7-3-4-17-9(7)10(15)12-6-11(2,16)5-8(13)14/h3-4,16H,5-6H2,1-2H3,(H,12,15)(H,13,14). The third-order valence-electron chi connectivity index (χ3n) is 2.23. The van der Waals surface area contributed by atoms with Crippen molar-refractivity contribution in [3.05, 3.63) is 21.9 Å². The highest BCUT2D eigenvalue weighted by molar-refractivity contribution is 7.12. The van der Waals surface area contributed by atoms with Gasteiger partial charge in [-0.15, -0.1) is 11.3 Å². The molecule has 1 atom stereocenters. The highest BCUT2D eigenvalue weighted by atomic mass is 32.1. The van der Waals surface area contributed by atoms with E-state index in [9.17, 15) is 14.7 Å². The first kappa shape index (κ1) is 13.7. The van der Waals surface area contributed by atoms with Crippen LogP contribution in [0.25, 0.3) is 0 Å². The number of aliphatic hydroxyl groups is 1. The van der Waals surface area contributed by atoms with Crippen molar-refractivity contribution in [3.63, 3.8) is 0 Å². The van der Waals surface area contributed by atoms with Crippen molar-refractivity contribution in [1.82, 2.24) is 5.32 Å². The number of carbonyl (C=O) groups is 2. The van der Waals surface area contributed by atoms with Gasteiger partial charge >= 0.3 is 5.97 Å². The quantitative estimate of drug-likeness (QED) is 0.734. The molecule has 0 aliphatic carbocycles. The fraction of sp³-hybridized carbons (Fsp3) is 0.455. The summed E-state index contributed by atoms with van der Waals surface area (Å²) in [5, 5.41) is 22.6. The fourth-order valence-electron chi connectivity index (χ4n) is 1.34. The zero-order chi connectivity index (χ0) is 13.1. The van der Waals surface area contributed by atoms with Gasteiger partial charge in [-0.25, -0.2) is 0 Å². The Hall–Kier alpha value is -1.40. The van der Waals surface area contributed by atoms with Crippen LogP contribution in [0.4, 0.5) is 0 Å². The van der Waals surface area contributed by atoms with Gasteiger partial charge in [0.2, 0.25) is 0 Å². The van der Waals surface area contributed by atoms with Crippen molar-refractivity contribution < 1.29 is 19.8 Å². The molecule has 1 aromatic heterocycles. The maximum absolute atomic E-state index is 11.7. The van der Waals surface area contributed by atoms with Crippen molar-refractivity contribution in [3.8, 4) is 0 Å². The van der Waals surface area contributed by atoms with Crippen molar-refractivity contribution in [1.29, 1.82) is 0 Å². The van der Waals surface area contributed by atoms with Crippen LogP contribution in [-0.2, 0) is 4.79 Å². The molecule has 0 aliphatic rings. The lowest BCUT2D eigenvalue weighted by Gasteiger charge is -2.21. The summed E-state index contributed by atoms with van der Waals surface area (Å²) < 4.78 is 0. The molecule has 0 aliphatic heterocycles. The minimum Gasteiger partial charge on any atom is -0.481 e. The second-order valence-electron chi connectivity index (χ2n) is 4.18. The summed E-state index contributed by atoms with van der Waals surface area (Å²) in [6.45, 7) is 3.11. The number of rotatable bonds is 5.